The number of carbonyl (C=O) groups is 1. The van der Waals surface area contributed by atoms with E-state index in [1.54, 1.807) is 33.2 Å². The van der Waals surface area contributed by atoms with Crippen molar-refractivity contribution in [2.75, 3.05) is 5.32 Å². The summed E-state index contributed by atoms with van der Waals surface area (Å²) in [5.41, 5.74) is -0.183. The van der Waals surface area contributed by atoms with Crippen molar-refractivity contribution in [3.05, 3.63) is 18.0 Å². The van der Waals surface area contributed by atoms with Crippen molar-refractivity contribution in [2.45, 2.75) is 44.6 Å². The summed E-state index contributed by atoms with van der Waals surface area (Å²) in [6.45, 7) is 5.33. The zero-order chi connectivity index (χ0) is 14.1. The average Bonchev–Trinajstić information content (AvgIpc) is 3.08. The lowest BCUT2D eigenvalue weighted by molar-refractivity contribution is 0.0634. The largest absolute Gasteiger partial charge is 0.444 e. The van der Waals surface area contributed by atoms with Gasteiger partial charge in [-0.3, -0.25) is 5.32 Å². The number of rotatable bonds is 2. The van der Waals surface area contributed by atoms with E-state index in [0.29, 0.717) is 0 Å². The van der Waals surface area contributed by atoms with Crippen LogP contribution in [0.5, 0.6) is 0 Å². The van der Waals surface area contributed by atoms with E-state index >= 15 is 0 Å². The highest BCUT2D eigenvalue weighted by Crippen LogP contribution is 2.46. The second-order valence-corrected chi connectivity index (χ2v) is 5.62. The second-order valence-electron chi connectivity index (χ2n) is 5.62. The molecule has 2 rings (SSSR count). The van der Waals surface area contributed by atoms with E-state index in [2.05, 4.69) is 21.4 Å². The van der Waals surface area contributed by atoms with E-state index < -0.39 is 17.1 Å². The second kappa shape index (κ2) is 4.50. The van der Waals surface area contributed by atoms with E-state index in [1.807, 2.05) is 0 Å². The number of aromatic nitrogens is 2. The fourth-order valence-electron chi connectivity index (χ4n) is 1.62. The molecule has 1 aromatic rings. The van der Waals surface area contributed by atoms with Crippen LogP contribution in [0.4, 0.5) is 10.7 Å². The van der Waals surface area contributed by atoms with Crippen LogP contribution in [0.25, 0.3) is 0 Å². The van der Waals surface area contributed by atoms with Gasteiger partial charge in [0.05, 0.1) is 11.5 Å². The van der Waals surface area contributed by atoms with E-state index in [0.717, 1.165) is 18.4 Å². The van der Waals surface area contributed by atoms with Crippen LogP contribution >= 0.6 is 0 Å². The van der Waals surface area contributed by atoms with Crippen molar-refractivity contribution in [2.24, 2.45) is 0 Å². The van der Waals surface area contributed by atoms with E-state index in [1.165, 1.54) is 0 Å². The van der Waals surface area contributed by atoms with E-state index in [-0.39, 0.29) is 5.95 Å². The normalized spacial score (nSPS) is 16.3. The van der Waals surface area contributed by atoms with E-state index in [4.69, 9.17) is 10.00 Å². The molecule has 0 aliphatic heterocycles. The SMILES string of the molecule is CC(C)(C)OC(=O)Nc1ncc(C2(C#N)CC2)cn1. The van der Waals surface area contributed by atoms with Crippen LogP contribution < -0.4 is 5.32 Å². The summed E-state index contributed by atoms with van der Waals surface area (Å²) in [7, 11) is 0. The first-order chi connectivity index (χ1) is 8.85. The molecule has 0 unspecified atom stereocenters. The van der Waals surface area contributed by atoms with Gasteiger partial charge in [-0.05, 0) is 33.6 Å². The van der Waals surface area contributed by atoms with Gasteiger partial charge in [-0.25, -0.2) is 14.8 Å². The van der Waals surface area contributed by atoms with Crippen molar-refractivity contribution in [1.82, 2.24) is 9.97 Å². The first kappa shape index (κ1) is 13.3. The molecule has 1 amide bonds. The Morgan fingerprint density at radius 2 is 2.00 bits per heavy atom. The van der Waals surface area contributed by atoms with Gasteiger partial charge in [-0.15, -0.1) is 0 Å². The Morgan fingerprint density at radius 3 is 2.42 bits per heavy atom. The van der Waals surface area contributed by atoms with Crippen LogP contribution in [0.15, 0.2) is 12.4 Å². The van der Waals surface area contributed by atoms with Crippen LogP contribution in [-0.4, -0.2) is 21.7 Å². The molecule has 1 heterocycles. The highest BCUT2D eigenvalue weighted by atomic mass is 16.6. The monoisotopic (exact) mass is 260 g/mol. The van der Waals surface area contributed by atoms with Gasteiger partial charge in [0.25, 0.3) is 0 Å². The maximum Gasteiger partial charge on any atom is 0.414 e. The summed E-state index contributed by atoms with van der Waals surface area (Å²) in [4.78, 5) is 19.6. The van der Waals surface area contributed by atoms with Crippen LogP contribution in [0.1, 0.15) is 39.2 Å². The quantitative estimate of drug-likeness (QED) is 0.881. The van der Waals surface area contributed by atoms with E-state index in [9.17, 15) is 4.79 Å². The number of hydrogen-bond donors (Lipinski definition) is 1. The molecule has 6 nitrogen and oxygen atoms in total. The van der Waals surface area contributed by atoms with Crippen molar-refractivity contribution >= 4 is 12.0 Å². The summed E-state index contributed by atoms with van der Waals surface area (Å²) < 4.78 is 5.09. The summed E-state index contributed by atoms with van der Waals surface area (Å²) in [6, 6.07) is 2.27. The zero-order valence-corrected chi connectivity index (χ0v) is 11.2. The minimum atomic E-state index is -0.596. The number of nitrogens with one attached hydrogen (secondary N) is 1. The highest BCUT2D eigenvalue weighted by Gasteiger charge is 2.45. The summed E-state index contributed by atoms with van der Waals surface area (Å²) in [5.74, 6) is 0.173. The molecular weight excluding hydrogens is 244 g/mol. The third-order valence-corrected chi connectivity index (χ3v) is 2.78. The Morgan fingerprint density at radius 1 is 1.42 bits per heavy atom. The molecule has 1 aliphatic rings. The molecule has 6 heteroatoms. The molecule has 0 radical (unpaired) electrons. The number of anilines is 1. The van der Waals surface area contributed by atoms with Gasteiger partial charge in [0.2, 0.25) is 5.95 Å². The van der Waals surface area contributed by atoms with Crippen LogP contribution in [0.3, 0.4) is 0 Å². The minimum Gasteiger partial charge on any atom is -0.444 e. The van der Waals surface area contributed by atoms with Crippen LogP contribution in [0, 0.1) is 11.3 Å². The summed E-state index contributed by atoms with van der Waals surface area (Å²) in [6.07, 6.45) is 4.24. The smallest absolute Gasteiger partial charge is 0.414 e. The molecule has 0 atom stereocenters. The third-order valence-electron chi connectivity index (χ3n) is 2.78. The lowest BCUT2D eigenvalue weighted by Crippen LogP contribution is -2.27. The lowest BCUT2D eigenvalue weighted by atomic mass is 10.0. The van der Waals surface area contributed by atoms with Gasteiger partial charge in [-0.2, -0.15) is 5.26 Å². The number of nitriles is 1. The Bertz CT molecular complexity index is 521. The number of carbonyl (C=O) groups excluding carboxylic acids is 1. The summed E-state index contributed by atoms with van der Waals surface area (Å²) in [5, 5.41) is 11.5. The predicted molar refractivity (Wildman–Crippen MR) is 68.4 cm³/mol. The van der Waals surface area contributed by atoms with Crippen molar-refractivity contribution in [3.63, 3.8) is 0 Å². The van der Waals surface area contributed by atoms with Gasteiger partial charge >= 0.3 is 6.09 Å². The predicted octanol–water partition coefficient (Wildman–Crippen LogP) is 2.38. The lowest BCUT2D eigenvalue weighted by Gasteiger charge is -2.19. The summed E-state index contributed by atoms with van der Waals surface area (Å²) >= 11 is 0. The molecule has 0 bridgehead atoms. The number of amides is 1. The first-order valence-corrected chi connectivity index (χ1v) is 6.08. The molecule has 100 valence electrons. The van der Waals surface area contributed by atoms with Gasteiger partial charge in [0.15, 0.2) is 0 Å². The van der Waals surface area contributed by atoms with Gasteiger partial charge in [0, 0.05) is 18.0 Å². The molecule has 0 saturated heterocycles. The number of nitrogens with zero attached hydrogens (tertiary/aromatic N) is 3. The van der Waals surface area contributed by atoms with Crippen molar-refractivity contribution in [3.8, 4) is 6.07 Å². The maximum atomic E-state index is 11.5. The molecule has 1 saturated carbocycles. The van der Waals surface area contributed by atoms with Crippen molar-refractivity contribution < 1.29 is 9.53 Å². The van der Waals surface area contributed by atoms with Gasteiger partial charge in [0.1, 0.15) is 5.60 Å². The first-order valence-electron chi connectivity index (χ1n) is 6.08. The molecule has 0 spiro atoms. The number of hydrogen-bond acceptors (Lipinski definition) is 5. The maximum absolute atomic E-state index is 11.5. The fourth-order valence-corrected chi connectivity index (χ4v) is 1.62. The van der Waals surface area contributed by atoms with Crippen LogP contribution in [0.2, 0.25) is 0 Å². The van der Waals surface area contributed by atoms with Crippen molar-refractivity contribution in [1.29, 1.82) is 5.26 Å². The topological polar surface area (TPSA) is 87.9 Å². The molecule has 19 heavy (non-hydrogen) atoms. The standard InChI is InChI=1S/C13H16N4O2/c1-12(2,3)19-11(18)17-10-15-6-9(7-16-10)13(8-14)4-5-13/h6-7H,4-5H2,1-3H3,(H,15,16,17,18). The Balaban J connectivity index is 2.00. The minimum absolute atomic E-state index is 0.173. The van der Waals surface area contributed by atoms with Crippen LogP contribution in [-0.2, 0) is 10.2 Å². The molecule has 1 fully saturated rings. The Kier molecular flexibility index (Phi) is 3.14. The van der Waals surface area contributed by atoms with Gasteiger partial charge < -0.3 is 4.74 Å². The average molecular weight is 260 g/mol. The molecule has 1 N–H and O–H groups in total. The molecule has 0 aromatic carbocycles. The Hall–Kier alpha value is -2.16. The molecule has 1 aliphatic carbocycles. The Labute approximate surface area is 111 Å². The fraction of sp³-hybridized carbons (Fsp3) is 0.538. The highest BCUT2D eigenvalue weighted by molar-refractivity contribution is 5.82. The van der Waals surface area contributed by atoms with Gasteiger partial charge in [-0.1, -0.05) is 0 Å². The molecule has 1 aromatic heterocycles. The molecular formula is C13H16N4O2. The zero-order valence-electron chi connectivity index (χ0n) is 11.2. The number of ether oxygens (including phenoxy) is 1. The third kappa shape index (κ3) is 3.19.